The molecule has 1 unspecified atom stereocenters. The molecular weight excluding hydrogens is 666 g/mol. The molecule has 236 valence electrons. The zero-order valence-electron chi connectivity index (χ0n) is 25.3. The van der Waals surface area contributed by atoms with Gasteiger partial charge >= 0.3 is 0 Å². The molecule has 0 bridgehead atoms. The Morgan fingerprint density at radius 2 is 1.68 bits per heavy atom. The number of carbonyl (C=O) groups excluding carboxylic acids is 2. The summed E-state index contributed by atoms with van der Waals surface area (Å²) in [6.07, 6.45) is 5.44. The van der Waals surface area contributed by atoms with E-state index in [4.69, 9.17) is 16.3 Å². The van der Waals surface area contributed by atoms with E-state index in [-0.39, 0.29) is 23.4 Å². The lowest BCUT2D eigenvalue weighted by molar-refractivity contribution is -0.140. The van der Waals surface area contributed by atoms with E-state index in [1.807, 2.05) is 13.8 Å². The van der Waals surface area contributed by atoms with Crippen LogP contribution in [0.5, 0.6) is 5.75 Å². The fourth-order valence-electron chi connectivity index (χ4n) is 5.42. The average molecular weight is 705 g/mol. The van der Waals surface area contributed by atoms with Crippen molar-refractivity contribution >= 4 is 55.1 Å². The predicted octanol–water partition coefficient (Wildman–Crippen LogP) is 6.87. The van der Waals surface area contributed by atoms with Crippen LogP contribution in [0.4, 0.5) is 5.69 Å². The van der Waals surface area contributed by atoms with Crippen molar-refractivity contribution in [1.29, 1.82) is 0 Å². The van der Waals surface area contributed by atoms with E-state index in [2.05, 4.69) is 21.2 Å². The highest BCUT2D eigenvalue weighted by molar-refractivity contribution is 9.10. The first-order valence-electron chi connectivity index (χ1n) is 14.8. The minimum absolute atomic E-state index is 0.00937. The molecule has 0 saturated heterocycles. The van der Waals surface area contributed by atoms with Crippen molar-refractivity contribution in [2.45, 2.75) is 75.9 Å². The van der Waals surface area contributed by atoms with Crippen molar-refractivity contribution in [2.24, 2.45) is 0 Å². The van der Waals surface area contributed by atoms with Crippen molar-refractivity contribution in [3.05, 3.63) is 87.4 Å². The summed E-state index contributed by atoms with van der Waals surface area (Å²) >= 11 is 9.50. The van der Waals surface area contributed by atoms with Crippen molar-refractivity contribution in [3.63, 3.8) is 0 Å². The Kier molecular flexibility index (Phi) is 11.7. The van der Waals surface area contributed by atoms with Crippen LogP contribution in [0, 0.1) is 6.92 Å². The normalized spacial score (nSPS) is 14.5. The van der Waals surface area contributed by atoms with Crippen molar-refractivity contribution in [1.82, 2.24) is 10.2 Å². The minimum Gasteiger partial charge on any atom is -0.496 e. The fourth-order valence-corrected chi connectivity index (χ4v) is 7.68. The van der Waals surface area contributed by atoms with Crippen molar-refractivity contribution in [2.75, 3.05) is 18.0 Å². The highest BCUT2D eigenvalue weighted by Gasteiger charge is 2.34. The smallest absolute Gasteiger partial charge is 0.264 e. The molecule has 4 rings (SSSR count). The zero-order valence-corrected chi connectivity index (χ0v) is 28.4. The maximum Gasteiger partial charge on any atom is 0.264 e. The minimum atomic E-state index is -4.21. The van der Waals surface area contributed by atoms with Gasteiger partial charge in [0.05, 0.1) is 22.2 Å². The number of aryl methyl sites for hydroxylation is 1. The molecule has 1 aliphatic rings. The van der Waals surface area contributed by atoms with Crippen LogP contribution in [0.25, 0.3) is 0 Å². The number of benzene rings is 3. The number of methoxy groups -OCH3 is 1. The van der Waals surface area contributed by atoms with Gasteiger partial charge in [-0.15, -0.1) is 0 Å². The topological polar surface area (TPSA) is 96.0 Å². The third kappa shape index (κ3) is 8.34. The molecule has 0 heterocycles. The van der Waals surface area contributed by atoms with Crippen molar-refractivity contribution in [3.8, 4) is 5.75 Å². The van der Waals surface area contributed by atoms with E-state index in [1.165, 1.54) is 24.1 Å². The summed E-state index contributed by atoms with van der Waals surface area (Å²) in [5.41, 5.74) is 2.05. The number of hydrogen-bond donors (Lipinski definition) is 1. The fraction of sp³-hybridized carbons (Fsp3) is 0.394. The van der Waals surface area contributed by atoms with E-state index >= 15 is 0 Å². The number of nitrogens with one attached hydrogen (secondary N) is 1. The lowest BCUT2D eigenvalue weighted by atomic mass is 9.95. The van der Waals surface area contributed by atoms with Crippen LogP contribution in [-0.2, 0) is 26.2 Å². The maximum absolute atomic E-state index is 14.3. The van der Waals surface area contributed by atoms with Gasteiger partial charge in [-0.05, 0) is 90.1 Å². The number of amides is 2. The van der Waals surface area contributed by atoms with Gasteiger partial charge in [-0.1, -0.05) is 67.6 Å². The van der Waals surface area contributed by atoms with Gasteiger partial charge in [0.15, 0.2) is 0 Å². The van der Waals surface area contributed by atoms with Gasteiger partial charge in [-0.3, -0.25) is 13.9 Å². The monoisotopic (exact) mass is 703 g/mol. The van der Waals surface area contributed by atoms with Gasteiger partial charge in [0.1, 0.15) is 18.3 Å². The summed E-state index contributed by atoms with van der Waals surface area (Å²) in [6.45, 7) is 3.37. The van der Waals surface area contributed by atoms with E-state index in [0.717, 1.165) is 47.5 Å². The number of rotatable bonds is 12. The van der Waals surface area contributed by atoms with Gasteiger partial charge in [0.2, 0.25) is 11.8 Å². The van der Waals surface area contributed by atoms with Crippen LogP contribution in [-0.4, -0.2) is 50.9 Å². The molecule has 44 heavy (non-hydrogen) atoms. The van der Waals surface area contributed by atoms with E-state index in [9.17, 15) is 18.0 Å². The second-order valence-corrected chi connectivity index (χ2v) is 14.2. The Morgan fingerprint density at radius 1 is 1.02 bits per heavy atom. The summed E-state index contributed by atoms with van der Waals surface area (Å²) in [6, 6.07) is 17.7. The second kappa shape index (κ2) is 15.3. The summed E-state index contributed by atoms with van der Waals surface area (Å²) in [5.74, 6) is -0.251. The first kappa shape index (κ1) is 33.8. The summed E-state index contributed by atoms with van der Waals surface area (Å²) in [4.78, 5) is 29.4. The molecule has 2 amide bonds. The Morgan fingerprint density at radius 3 is 2.27 bits per heavy atom. The third-order valence-corrected chi connectivity index (χ3v) is 10.6. The van der Waals surface area contributed by atoms with E-state index in [1.54, 1.807) is 54.6 Å². The molecule has 0 aliphatic heterocycles. The highest BCUT2D eigenvalue weighted by atomic mass is 79.9. The van der Waals surface area contributed by atoms with Crippen LogP contribution >= 0.6 is 27.5 Å². The molecule has 0 spiro atoms. The first-order valence-corrected chi connectivity index (χ1v) is 17.4. The highest BCUT2D eigenvalue weighted by Crippen LogP contribution is 2.31. The molecule has 11 heteroatoms. The lowest BCUT2D eigenvalue weighted by Gasteiger charge is -2.34. The largest absolute Gasteiger partial charge is 0.496 e. The van der Waals surface area contributed by atoms with Crippen molar-refractivity contribution < 1.29 is 22.7 Å². The Balaban J connectivity index is 1.71. The molecule has 1 saturated carbocycles. The standard InChI is InChI=1S/C33H39BrClN3O5S/c1-4-30(33(40)36-26-8-6-5-7-9-26)37(21-24-12-14-25(35)15-13-24)32(39)22-38(27-16-10-23(2)11-17-27)44(41,42)28-18-19-31(43-3)29(34)20-28/h10-20,26,30H,4-9,21-22H2,1-3H3,(H,36,40). The molecule has 0 aromatic heterocycles. The summed E-state index contributed by atoms with van der Waals surface area (Å²) in [7, 11) is -2.72. The van der Waals surface area contributed by atoms with Gasteiger partial charge in [0.25, 0.3) is 10.0 Å². The van der Waals surface area contributed by atoms with Gasteiger partial charge in [0, 0.05) is 17.6 Å². The van der Waals surface area contributed by atoms with Crippen LogP contribution in [0.1, 0.15) is 56.6 Å². The summed E-state index contributed by atoms with van der Waals surface area (Å²) < 4.78 is 35.2. The number of halogens is 2. The van der Waals surface area contributed by atoms with E-state index < -0.39 is 28.5 Å². The van der Waals surface area contributed by atoms with Gasteiger partial charge in [-0.2, -0.15) is 0 Å². The molecule has 3 aromatic rings. The second-order valence-electron chi connectivity index (χ2n) is 11.1. The van der Waals surface area contributed by atoms with E-state index in [0.29, 0.717) is 27.4 Å². The number of carbonyl (C=O) groups is 2. The number of sulfonamides is 1. The molecular formula is C33H39BrClN3O5S. The quantitative estimate of drug-likeness (QED) is 0.222. The molecule has 0 radical (unpaired) electrons. The molecule has 1 atom stereocenters. The Hall–Kier alpha value is -3.08. The average Bonchev–Trinajstić information content (AvgIpc) is 3.01. The van der Waals surface area contributed by atoms with Gasteiger partial charge < -0.3 is 15.0 Å². The SMILES string of the molecule is CCC(C(=O)NC1CCCCC1)N(Cc1ccc(Cl)cc1)C(=O)CN(c1ccc(C)cc1)S(=O)(=O)c1ccc(OC)c(Br)c1. The number of nitrogens with zero attached hydrogens (tertiary/aromatic N) is 2. The molecule has 1 N–H and O–H groups in total. The lowest BCUT2D eigenvalue weighted by Crippen LogP contribution is -2.54. The molecule has 8 nitrogen and oxygen atoms in total. The summed E-state index contributed by atoms with van der Waals surface area (Å²) in [5, 5.41) is 3.71. The zero-order chi connectivity index (χ0) is 31.9. The molecule has 1 fully saturated rings. The van der Waals surface area contributed by atoms with Gasteiger partial charge in [-0.25, -0.2) is 8.42 Å². The molecule has 1 aliphatic carbocycles. The Bertz CT molecular complexity index is 1540. The first-order chi connectivity index (χ1) is 21.0. The molecule has 3 aromatic carbocycles. The Labute approximate surface area is 273 Å². The number of hydrogen-bond acceptors (Lipinski definition) is 5. The number of ether oxygens (including phenoxy) is 1. The number of anilines is 1. The van der Waals surface area contributed by atoms with Crippen LogP contribution in [0.3, 0.4) is 0 Å². The van der Waals surface area contributed by atoms with Crippen LogP contribution in [0.2, 0.25) is 5.02 Å². The van der Waals surface area contributed by atoms with Crippen LogP contribution in [0.15, 0.2) is 76.1 Å². The van der Waals surface area contributed by atoms with Crippen LogP contribution < -0.4 is 14.4 Å². The maximum atomic E-state index is 14.3. The predicted molar refractivity (Wildman–Crippen MR) is 178 cm³/mol. The third-order valence-electron chi connectivity index (χ3n) is 7.92.